The zero-order valence-corrected chi connectivity index (χ0v) is 19.8. The molecule has 30 heavy (non-hydrogen) atoms. The van der Waals surface area contributed by atoms with Crippen molar-refractivity contribution in [2.75, 3.05) is 12.4 Å². The van der Waals surface area contributed by atoms with Crippen molar-refractivity contribution in [2.24, 2.45) is 5.73 Å². The van der Waals surface area contributed by atoms with Crippen LogP contribution in [0.3, 0.4) is 0 Å². The Morgan fingerprint density at radius 1 is 1.00 bits per heavy atom. The predicted molar refractivity (Wildman–Crippen MR) is 132 cm³/mol. The van der Waals surface area contributed by atoms with Crippen LogP contribution in [0.2, 0.25) is 0 Å². The quantitative estimate of drug-likeness (QED) is 0.303. The Labute approximate surface area is 192 Å². The van der Waals surface area contributed by atoms with Gasteiger partial charge >= 0.3 is 0 Å². The lowest BCUT2D eigenvalue weighted by Gasteiger charge is -2.03. The number of thiocarbonyl (C=S) groups is 2. The number of aryl methyl sites for hydroxylation is 4. The lowest BCUT2D eigenvalue weighted by Crippen LogP contribution is -2.13. The van der Waals surface area contributed by atoms with E-state index in [2.05, 4.69) is 40.7 Å². The molecule has 5 N–H and O–H groups in total. The van der Waals surface area contributed by atoms with Gasteiger partial charge in [-0.1, -0.05) is 34.4 Å². The Morgan fingerprint density at radius 3 is 1.80 bits per heavy atom. The van der Waals surface area contributed by atoms with E-state index < -0.39 is 0 Å². The van der Waals surface area contributed by atoms with Crippen LogP contribution >= 0.6 is 36.7 Å². The van der Waals surface area contributed by atoms with Gasteiger partial charge in [0.1, 0.15) is 0 Å². The van der Waals surface area contributed by atoms with Gasteiger partial charge in [0, 0.05) is 15.4 Å². The van der Waals surface area contributed by atoms with E-state index in [4.69, 9.17) is 23.8 Å². The highest BCUT2D eigenvalue weighted by atomic mass is 32.1. The van der Waals surface area contributed by atoms with Crippen LogP contribution in [-0.4, -0.2) is 31.5 Å². The molecule has 0 saturated heterocycles. The molecule has 0 aliphatic rings. The van der Waals surface area contributed by atoms with E-state index in [0.717, 1.165) is 22.3 Å². The van der Waals surface area contributed by atoms with Crippen LogP contribution in [0, 0.1) is 32.5 Å². The fourth-order valence-corrected chi connectivity index (χ4v) is 3.00. The van der Waals surface area contributed by atoms with Crippen molar-refractivity contribution in [1.82, 2.24) is 14.9 Å². The Bertz CT molecular complexity index is 1070. The second-order valence-electron chi connectivity index (χ2n) is 6.69. The lowest BCUT2D eigenvalue weighted by molar-refractivity contribution is 0.100. The molecule has 158 valence electrons. The summed E-state index contributed by atoms with van der Waals surface area (Å²) in [6.07, 6.45) is 0. The average Bonchev–Trinajstić information content (AvgIpc) is 2.99. The summed E-state index contributed by atoms with van der Waals surface area (Å²) >= 11 is 12.9. The number of nitrogens with two attached hydrogens (primary N) is 2. The van der Waals surface area contributed by atoms with Crippen molar-refractivity contribution in [3.05, 3.63) is 69.0 Å². The summed E-state index contributed by atoms with van der Waals surface area (Å²) in [5.74, 6) is 6.41. The zero-order valence-electron chi connectivity index (χ0n) is 17.4. The largest absolute Gasteiger partial charge is 0.335 e. The molecule has 6 nitrogen and oxygen atoms in total. The molecule has 1 heterocycles. The van der Waals surface area contributed by atoms with Crippen LogP contribution in [-0.2, 0) is 0 Å². The first-order valence-electron chi connectivity index (χ1n) is 8.95. The molecule has 3 rings (SSSR count). The highest BCUT2D eigenvalue weighted by molar-refractivity contribution is 7.93. The maximum absolute atomic E-state index is 11.2. The molecule has 0 bridgehead atoms. The third kappa shape index (κ3) is 7.70. The summed E-state index contributed by atoms with van der Waals surface area (Å²) in [7, 11) is 0. The lowest BCUT2D eigenvalue weighted by atomic mass is 10.0. The maximum Gasteiger partial charge on any atom is 0.214 e. The summed E-state index contributed by atoms with van der Waals surface area (Å²) in [5.41, 5.74) is 11.5. The number of rotatable bonds is 3. The fraction of sp³-hybridized carbons (Fsp3) is 0.238. The van der Waals surface area contributed by atoms with Gasteiger partial charge in [0.05, 0.1) is 6.54 Å². The number of aromatic nitrogens is 3. The molecule has 0 aliphatic heterocycles. The number of nitrogens with one attached hydrogen (secondary N) is 1. The van der Waals surface area contributed by atoms with Crippen LogP contribution < -0.4 is 11.6 Å². The first-order valence-corrected chi connectivity index (χ1v) is 10.2. The summed E-state index contributed by atoms with van der Waals surface area (Å²) in [6.45, 7) is 8.11. The summed E-state index contributed by atoms with van der Waals surface area (Å²) in [5, 5.41) is 6.75. The van der Waals surface area contributed by atoms with E-state index in [1.807, 2.05) is 62.3 Å². The van der Waals surface area contributed by atoms with E-state index in [9.17, 15) is 4.79 Å². The smallest absolute Gasteiger partial charge is 0.214 e. The number of nitrogen functional groups attached to an aromatic ring is 1. The third-order valence-electron chi connectivity index (χ3n) is 3.91. The molecule has 9 heteroatoms. The highest BCUT2D eigenvalue weighted by Crippen LogP contribution is 2.19. The molecular weight excluding hydrogens is 434 g/mol. The number of carbonyl (C=O) groups excluding carboxylic acids is 1. The van der Waals surface area contributed by atoms with Gasteiger partial charge < -0.3 is 11.6 Å². The number of aromatic amines is 1. The van der Waals surface area contributed by atoms with Crippen molar-refractivity contribution >= 4 is 46.8 Å². The van der Waals surface area contributed by atoms with Gasteiger partial charge in [-0.25, -0.2) is 9.77 Å². The molecule has 0 unspecified atom stereocenters. The Hall–Kier alpha value is -2.55. The monoisotopic (exact) mass is 459 g/mol. The minimum absolute atomic E-state index is 0.00167. The normalized spacial score (nSPS) is 9.50. The topological polar surface area (TPSA) is 103 Å². The highest BCUT2D eigenvalue weighted by Gasteiger charge is 2.07. The number of nitrogens with zero attached hydrogens (tertiary/aromatic N) is 2. The molecule has 0 saturated carbocycles. The van der Waals surface area contributed by atoms with E-state index in [1.165, 1.54) is 15.8 Å². The number of H-pyrrole nitrogens is 1. The van der Waals surface area contributed by atoms with Crippen LogP contribution in [0.25, 0.3) is 11.4 Å². The fourth-order valence-electron chi connectivity index (χ4n) is 2.87. The van der Waals surface area contributed by atoms with Crippen molar-refractivity contribution in [1.29, 1.82) is 0 Å². The molecule has 0 amide bonds. The molecule has 3 aromatic rings. The van der Waals surface area contributed by atoms with Crippen LogP contribution in [0.5, 0.6) is 0 Å². The average molecular weight is 460 g/mol. The predicted octanol–water partition coefficient (Wildman–Crippen LogP) is 4.40. The standard InChI is InChI=1S/C10H12N4S.C10H13NO.CS2/c1-6-3-7(2)5-8(4-6)9-12-13-10(15)14(9)11;1-7-3-8(2)5-9(4-7)10(12)6-11;2-1-3/h3-5H,11H2,1-2H3,(H,13,15);3-5H,6,11H2,1-2H3;. The third-order valence-corrected chi connectivity index (χ3v) is 4.20. The van der Waals surface area contributed by atoms with Crippen LogP contribution in [0.4, 0.5) is 0 Å². The van der Waals surface area contributed by atoms with Gasteiger partial charge in [-0.2, -0.15) is 5.10 Å². The van der Waals surface area contributed by atoms with Gasteiger partial charge in [0.15, 0.2) is 11.6 Å². The van der Waals surface area contributed by atoms with Crippen LogP contribution in [0.1, 0.15) is 32.6 Å². The minimum Gasteiger partial charge on any atom is -0.335 e. The molecule has 0 radical (unpaired) electrons. The minimum atomic E-state index is 0.00167. The van der Waals surface area contributed by atoms with Crippen molar-refractivity contribution in [2.45, 2.75) is 27.7 Å². The van der Waals surface area contributed by atoms with Gasteiger partial charge in [0.25, 0.3) is 0 Å². The molecule has 1 aromatic heterocycles. The zero-order chi connectivity index (χ0) is 22.8. The van der Waals surface area contributed by atoms with Crippen molar-refractivity contribution < 1.29 is 4.79 Å². The van der Waals surface area contributed by atoms with Gasteiger partial charge in [-0.15, -0.1) is 0 Å². The van der Waals surface area contributed by atoms with Crippen LogP contribution in [0.15, 0.2) is 36.4 Å². The Morgan fingerprint density at radius 2 is 1.43 bits per heavy atom. The Balaban J connectivity index is 0.000000271. The van der Waals surface area contributed by atoms with Gasteiger partial charge in [0.2, 0.25) is 4.77 Å². The van der Waals surface area contributed by atoms with E-state index in [0.29, 0.717) is 10.6 Å². The molecule has 0 aliphatic carbocycles. The first-order chi connectivity index (χ1) is 14.1. The number of hydrogen-bond acceptors (Lipinski definition) is 7. The number of benzene rings is 2. The van der Waals surface area contributed by atoms with Gasteiger partial charge in [-0.3, -0.25) is 4.79 Å². The molecule has 0 atom stereocenters. The maximum atomic E-state index is 11.2. The second kappa shape index (κ2) is 12.2. The van der Waals surface area contributed by atoms with E-state index in [-0.39, 0.29) is 12.3 Å². The molecule has 2 aromatic carbocycles. The molecule has 0 spiro atoms. The first kappa shape index (κ1) is 25.5. The Kier molecular flexibility index (Phi) is 10.4. The summed E-state index contributed by atoms with van der Waals surface area (Å²) in [6, 6.07) is 11.9. The van der Waals surface area contributed by atoms with E-state index >= 15 is 0 Å². The van der Waals surface area contributed by atoms with Crippen molar-refractivity contribution in [3.63, 3.8) is 0 Å². The number of hydrogen-bond donors (Lipinski definition) is 3. The van der Waals surface area contributed by atoms with Gasteiger partial charge in [-0.05, 0) is 88.6 Å². The number of ketones is 1. The number of carbonyl (C=O) groups is 1. The SMILES string of the molecule is Cc1cc(C)cc(-c2n[nH]c(=S)n2N)c1.Cc1cc(C)cc(C(=O)CN)c1.S=C=S. The number of Topliss-reactive ketones (excluding diaryl/α,β-unsaturated/α-hetero) is 1. The summed E-state index contributed by atoms with van der Waals surface area (Å²) < 4.78 is 3.72. The molecular formula is C21H25N5OS3. The summed E-state index contributed by atoms with van der Waals surface area (Å²) in [4.78, 5) is 11.2. The van der Waals surface area contributed by atoms with E-state index in [1.54, 1.807) is 0 Å². The second-order valence-corrected chi connectivity index (χ2v) is 7.74. The van der Waals surface area contributed by atoms with Crippen molar-refractivity contribution in [3.8, 4) is 11.4 Å². The molecule has 0 fully saturated rings.